The van der Waals surface area contributed by atoms with Crippen molar-refractivity contribution in [2.24, 2.45) is 0 Å². The quantitative estimate of drug-likeness (QED) is 0.833. The summed E-state index contributed by atoms with van der Waals surface area (Å²) < 4.78 is 7.44. The number of carbonyl (C=O) groups excluding carboxylic acids is 1. The predicted molar refractivity (Wildman–Crippen MR) is 76.8 cm³/mol. The van der Waals surface area contributed by atoms with Crippen LogP contribution in [0.1, 0.15) is 37.1 Å². The zero-order valence-corrected chi connectivity index (χ0v) is 12.8. The van der Waals surface area contributed by atoms with Crippen molar-refractivity contribution in [1.29, 1.82) is 0 Å². The Hall–Kier alpha value is -1.17. The van der Waals surface area contributed by atoms with Gasteiger partial charge < -0.3 is 9.64 Å². The minimum Gasteiger partial charge on any atom is -0.391 e. The predicted octanol–water partition coefficient (Wildman–Crippen LogP) is 2.70. The highest BCUT2D eigenvalue weighted by atomic mass is 32.2. The first-order valence-electron chi connectivity index (χ1n) is 6.56. The Balaban J connectivity index is 2.34. The molecule has 0 saturated heterocycles. The summed E-state index contributed by atoms with van der Waals surface area (Å²) in [5.74, 6) is 1.50. The molecule has 0 radical (unpaired) electrons. The molecule has 0 aliphatic heterocycles. The lowest BCUT2D eigenvalue weighted by atomic mass is 10.2. The van der Waals surface area contributed by atoms with Gasteiger partial charge >= 0.3 is 6.09 Å². The first kappa shape index (κ1) is 14.2. The number of carbonyl (C=O) groups is 1. The molecule has 1 aromatic heterocycles. The fraction of sp³-hybridized carbons (Fsp3) is 0.692. The molecule has 0 N–H and O–H groups in total. The molecule has 2 rings (SSSR count). The van der Waals surface area contributed by atoms with E-state index in [-0.39, 0.29) is 6.09 Å². The summed E-state index contributed by atoms with van der Waals surface area (Å²) in [7, 11) is 3.38. The molecule has 6 heteroatoms. The van der Waals surface area contributed by atoms with Gasteiger partial charge in [0.25, 0.3) is 0 Å². The van der Waals surface area contributed by atoms with Crippen molar-refractivity contribution < 1.29 is 9.53 Å². The van der Waals surface area contributed by atoms with Gasteiger partial charge in [-0.3, -0.25) is 0 Å². The lowest BCUT2D eigenvalue weighted by Gasteiger charge is -2.13. The van der Waals surface area contributed by atoms with E-state index < -0.39 is 0 Å². The van der Waals surface area contributed by atoms with Crippen LogP contribution in [0.5, 0.6) is 5.88 Å². The summed E-state index contributed by atoms with van der Waals surface area (Å²) in [5, 5.41) is 4.65. The molecule has 1 fully saturated rings. The third kappa shape index (κ3) is 3.05. The van der Waals surface area contributed by atoms with Gasteiger partial charge in [0.05, 0.1) is 11.7 Å². The molecule has 0 unspecified atom stereocenters. The van der Waals surface area contributed by atoms with Crippen LogP contribution >= 0.6 is 11.8 Å². The maximum Gasteiger partial charge on any atom is 0.416 e. The molecule has 0 aromatic carbocycles. The van der Waals surface area contributed by atoms with E-state index in [0.717, 1.165) is 36.3 Å². The van der Waals surface area contributed by atoms with Crippen LogP contribution in [0.4, 0.5) is 4.79 Å². The second-order valence-corrected chi connectivity index (χ2v) is 5.82. The number of thioether (sulfide) groups is 1. The number of hydrogen-bond acceptors (Lipinski definition) is 4. The average Bonchev–Trinajstić information content (AvgIpc) is 3.15. The summed E-state index contributed by atoms with van der Waals surface area (Å²) in [6.07, 6.45) is 4.79. The molecular formula is C13H21N3O2S. The van der Waals surface area contributed by atoms with Crippen molar-refractivity contribution in [2.45, 2.75) is 38.0 Å². The fourth-order valence-electron chi connectivity index (χ4n) is 1.95. The van der Waals surface area contributed by atoms with E-state index in [1.807, 2.05) is 4.68 Å². The van der Waals surface area contributed by atoms with Gasteiger partial charge in [-0.2, -0.15) is 16.9 Å². The lowest BCUT2D eigenvalue weighted by molar-refractivity contribution is 0.166. The highest BCUT2D eigenvalue weighted by molar-refractivity contribution is 7.97. The van der Waals surface area contributed by atoms with E-state index in [4.69, 9.17) is 4.74 Å². The zero-order valence-electron chi connectivity index (χ0n) is 12.0. The van der Waals surface area contributed by atoms with Crippen molar-refractivity contribution in [1.82, 2.24) is 14.7 Å². The van der Waals surface area contributed by atoms with Crippen LogP contribution in [-0.2, 0) is 12.2 Å². The lowest BCUT2D eigenvalue weighted by Crippen LogP contribution is -2.26. The summed E-state index contributed by atoms with van der Waals surface area (Å²) in [4.78, 5) is 13.2. The van der Waals surface area contributed by atoms with E-state index in [1.54, 1.807) is 25.9 Å². The van der Waals surface area contributed by atoms with E-state index >= 15 is 0 Å². The van der Waals surface area contributed by atoms with Gasteiger partial charge in [-0.05, 0) is 25.5 Å². The Morgan fingerprint density at radius 3 is 2.68 bits per heavy atom. The van der Waals surface area contributed by atoms with Crippen molar-refractivity contribution in [3.63, 3.8) is 0 Å². The summed E-state index contributed by atoms with van der Waals surface area (Å²) >= 11 is 1.74. The van der Waals surface area contributed by atoms with Crippen molar-refractivity contribution in [2.75, 3.05) is 20.4 Å². The molecule has 0 spiro atoms. The van der Waals surface area contributed by atoms with Crippen molar-refractivity contribution >= 4 is 17.9 Å². The van der Waals surface area contributed by atoms with Crippen LogP contribution in [-0.4, -0.2) is 41.1 Å². The zero-order chi connectivity index (χ0) is 14.0. The molecule has 1 aliphatic carbocycles. The molecule has 1 amide bonds. The molecular weight excluding hydrogens is 262 g/mol. The third-order valence-electron chi connectivity index (χ3n) is 3.12. The molecule has 19 heavy (non-hydrogen) atoms. The Labute approximate surface area is 118 Å². The van der Waals surface area contributed by atoms with Crippen LogP contribution in [0.2, 0.25) is 0 Å². The summed E-state index contributed by atoms with van der Waals surface area (Å²) in [5.41, 5.74) is 2.11. The highest BCUT2D eigenvalue weighted by Gasteiger charge is 2.31. The maximum atomic E-state index is 11.8. The first-order valence-corrected chi connectivity index (χ1v) is 7.96. The molecule has 1 heterocycles. The van der Waals surface area contributed by atoms with Crippen molar-refractivity contribution in [3.8, 4) is 5.88 Å². The van der Waals surface area contributed by atoms with Gasteiger partial charge in [-0.1, -0.05) is 6.92 Å². The van der Waals surface area contributed by atoms with Gasteiger partial charge in [0.1, 0.15) is 0 Å². The van der Waals surface area contributed by atoms with Crippen LogP contribution < -0.4 is 4.74 Å². The van der Waals surface area contributed by atoms with Crippen LogP contribution in [0.15, 0.2) is 0 Å². The smallest absolute Gasteiger partial charge is 0.391 e. The monoisotopic (exact) mass is 283 g/mol. The van der Waals surface area contributed by atoms with Crippen molar-refractivity contribution in [3.05, 3.63) is 11.3 Å². The molecule has 1 aliphatic rings. The number of hydrogen-bond donors (Lipinski definition) is 0. The Kier molecular flexibility index (Phi) is 4.39. The topological polar surface area (TPSA) is 47.4 Å². The van der Waals surface area contributed by atoms with E-state index in [2.05, 4.69) is 18.3 Å². The molecule has 0 bridgehead atoms. The number of amides is 1. The molecule has 1 saturated carbocycles. The maximum absolute atomic E-state index is 11.8. The van der Waals surface area contributed by atoms with Crippen LogP contribution in [0, 0.1) is 0 Å². The van der Waals surface area contributed by atoms with Crippen LogP contribution in [0.25, 0.3) is 0 Å². The second-order valence-electron chi connectivity index (χ2n) is 4.96. The summed E-state index contributed by atoms with van der Waals surface area (Å²) in [6.45, 7) is 2.07. The molecule has 5 nitrogen and oxygen atoms in total. The van der Waals surface area contributed by atoms with E-state index in [1.165, 1.54) is 4.90 Å². The number of ether oxygens (including phenoxy) is 1. The summed E-state index contributed by atoms with van der Waals surface area (Å²) in [6, 6.07) is 0.408. The minimum atomic E-state index is -0.341. The number of rotatable bonds is 5. The van der Waals surface area contributed by atoms with Gasteiger partial charge in [0.15, 0.2) is 0 Å². The van der Waals surface area contributed by atoms with Crippen LogP contribution in [0.3, 0.4) is 0 Å². The Morgan fingerprint density at radius 1 is 1.53 bits per heavy atom. The fourth-order valence-corrected chi connectivity index (χ4v) is 2.46. The van der Waals surface area contributed by atoms with E-state index in [0.29, 0.717) is 11.9 Å². The average molecular weight is 283 g/mol. The third-order valence-corrected chi connectivity index (χ3v) is 3.68. The number of aromatic nitrogens is 2. The minimum absolute atomic E-state index is 0.341. The highest BCUT2D eigenvalue weighted by Crippen LogP contribution is 2.40. The molecule has 1 aromatic rings. The van der Waals surface area contributed by atoms with Gasteiger partial charge in [-0.25, -0.2) is 9.48 Å². The standard InChI is InChI=1S/C13H21N3O2S/c1-5-10-11(8-19-4)14-16(9-6-7-9)12(10)18-13(17)15(2)3/h9H,5-8H2,1-4H3. The van der Waals surface area contributed by atoms with Gasteiger partial charge in [0, 0.05) is 25.4 Å². The number of nitrogens with zero attached hydrogens (tertiary/aromatic N) is 3. The second kappa shape index (κ2) is 5.86. The SMILES string of the molecule is CCc1c(CSC)nn(C2CC2)c1OC(=O)N(C)C. The Bertz CT molecular complexity index is 467. The Morgan fingerprint density at radius 2 is 2.21 bits per heavy atom. The normalized spacial score (nSPS) is 14.5. The molecule has 106 valence electrons. The largest absolute Gasteiger partial charge is 0.416 e. The van der Waals surface area contributed by atoms with Gasteiger partial charge in [0.2, 0.25) is 5.88 Å². The molecule has 0 atom stereocenters. The van der Waals surface area contributed by atoms with Gasteiger partial charge in [-0.15, -0.1) is 0 Å². The first-order chi connectivity index (χ1) is 9.08. The van der Waals surface area contributed by atoms with E-state index in [9.17, 15) is 4.79 Å².